The predicted molar refractivity (Wildman–Crippen MR) is 85.2 cm³/mol. The Morgan fingerprint density at radius 1 is 1.23 bits per heavy atom. The molecule has 0 spiro atoms. The maximum Gasteiger partial charge on any atom is 0.272 e. The topological polar surface area (TPSA) is 70.7 Å². The number of nitrogens with one attached hydrogen (secondary N) is 2. The van der Waals surface area contributed by atoms with Crippen LogP contribution >= 0.6 is 11.3 Å². The van der Waals surface area contributed by atoms with Crippen LogP contribution in [0, 0.1) is 0 Å². The highest BCUT2D eigenvalue weighted by Gasteiger charge is 2.25. The average molecular weight is 316 g/mol. The summed E-state index contributed by atoms with van der Waals surface area (Å²) >= 11 is 1.75. The van der Waals surface area contributed by atoms with E-state index in [1.54, 1.807) is 11.3 Å². The van der Waals surface area contributed by atoms with Crippen molar-refractivity contribution in [2.45, 2.75) is 57.9 Å². The molecule has 0 bridgehead atoms. The van der Waals surface area contributed by atoms with Gasteiger partial charge in [-0.3, -0.25) is 9.89 Å². The number of carbonyl (C=O) groups excluding carboxylic acids is 1. The second-order valence-corrected chi connectivity index (χ2v) is 7.32. The van der Waals surface area contributed by atoms with Crippen molar-refractivity contribution < 1.29 is 4.79 Å². The summed E-state index contributed by atoms with van der Waals surface area (Å²) in [4.78, 5) is 18.6. The van der Waals surface area contributed by atoms with Gasteiger partial charge in [0.1, 0.15) is 5.01 Å². The maximum absolute atomic E-state index is 12.5. The monoisotopic (exact) mass is 316 g/mol. The number of aromatic amines is 1. The largest absolute Gasteiger partial charge is 0.342 e. The smallest absolute Gasteiger partial charge is 0.272 e. The standard InChI is InChI=1S/C16H20N4OS/c1-9(16-18-12-6-2-3-8-13(12)22-16)17-15(21)14-10-5-4-7-11(10)19-20-14/h9H,2-8H2,1H3,(H,17,21)(H,19,20)/t9-/m0/s1. The molecule has 0 unspecified atom stereocenters. The van der Waals surface area contributed by atoms with Crippen molar-refractivity contribution in [3.8, 4) is 0 Å². The van der Waals surface area contributed by atoms with Gasteiger partial charge in [-0.2, -0.15) is 5.10 Å². The molecule has 5 nitrogen and oxygen atoms in total. The quantitative estimate of drug-likeness (QED) is 0.914. The average Bonchev–Trinajstić information content (AvgIpc) is 3.21. The molecule has 2 aromatic heterocycles. The van der Waals surface area contributed by atoms with E-state index >= 15 is 0 Å². The number of hydrogen-bond donors (Lipinski definition) is 2. The third kappa shape index (κ3) is 2.35. The number of fused-ring (bicyclic) bond motifs is 2. The van der Waals surface area contributed by atoms with E-state index in [1.165, 1.54) is 23.4 Å². The summed E-state index contributed by atoms with van der Waals surface area (Å²) in [5.74, 6) is -0.0833. The van der Waals surface area contributed by atoms with Gasteiger partial charge in [-0.1, -0.05) is 0 Å². The van der Waals surface area contributed by atoms with E-state index in [2.05, 4.69) is 15.5 Å². The Bertz CT molecular complexity index is 694. The summed E-state index contributed by atoms with van der Waals surface area (Å²) in [7, 11) is 0. The van der Waals surface area contributed by atoms with E-state index in [1.807, 2.05) is 6.92 Å². The lowest BCUT2D eigenvalue weighted by molar-refractivity contribution is 0.0934. The molecule has 0 aliphatic heterocycles. The summed E-state index contributed by atoms with van der Waals surface area (Å²) < 4.78 is 0. The highest BCUT2D eigenvalue weighted by atomic mass is 32.1. The molecule has 2 aromatic rings. The van der Waals surface area contributed by atoms with Gasteiger partial charge >= 0.3 is 0 Å². The highest BCUT2D eigenvalue weighted by Crippen LogP contribution is 2.30. The number of H-pyrrole nitrogens is 1. The van der Waals surface area contributed by atoms with Gasteiger partial charge in [-0.25, -0.2) is 4.98 Å². The van der Waals surface area contributed by atoms with Gasteiger partial charge in [0.25, 0.3) is 5.91 Å². The number of aromatic nitrogens is 3. The van der Waals surface area contributed by atoms with E-state index in [9.17, 15) is 4.79 Å². The van der Waals surface area contributed by atoms with Crippen molar-refractivity contribution in [3.63, 3.8) is 0 Å². The molecular weight excluding hydrogens is 296 g/mol. The Balaban J connectivity index is 1.50. The third-order valence-electron chi connectivity index (χ3n) is 4.60. The van der Waals surface area contributed by atoms with Crippen LogP contribution in [0.1, 0.15) is 69.6 Å². The highest BCUT2D eigenvalue weighted by molar-refractivity contribution is 7.11. The SMILES string of the molecule is C[C@H](NC(=O)c1n[nH]c2c1CCC2)c1nc2c(s1)CCCC2. The van der Waals surface area contributed by atoms with Crippen molar-refractivity contribution in [2.75, 3.05) is 0 Å². The fraction of sp³-hybridized carbons (Fsp3) is 0.562. The molecule has 1 atom stereocenters. The molecule has 1 amide bonds. The number of amides is 1. The van der Waals surface area contributed by atoms with Crippen molar-refractivity contribution in [1.29, 1.82) is 0 Å². The predicted octanol–water partition coefficient (Wildman–Crippen LogP) is 2.72. The van der Waals surface area contributed by atoms with Crippen molar-refractivity contribution in [2.24, 2.45) is 0 Å². The first-order valence-corrected chi connectivity index (χ1v) is 8.89. The first kappa shape index (κ1) is 13.9. The minimum atomic E-state index is -0.0833. The van der Waals surface area contributed by atoms with Crippen LogP contribution in [0.5, 0.6) is 0 Å². The zero-order chi connectivity index (χ0) is 15.1. The van der Waals surface area contributed by atoms with Gasteiger partial charge in [-0.05, 0) is 51.9 Å². The van der Waals surface area contributed by atoms with Crippen LogP contribution in [0.3, 0.4) is 0 Å². The zero-order valence-electron chi connectivity index (χ0n) is 12.7. The molecule has 0 saturated carbocycles. The fourth-order valence-corrected chi connectivity index (χ4v) is 4.55. The fourth-order valence-electron chi connectivity index (χ4n) is 3.39. The van der Waals surface area contributed by atoms with E-state index in [0.717, 1.165) is 48.4 Å². The molecule has 0 radical (unpaired) electrons. The molecule has 22 heavy (non-hydrogen) atoms. The molecule has 2 heterocycles. The number of carbonyl (C=O) groups is 1. The number of rotatable bonds is 3. The summed E-state index contributed by atoms with van der Waals surface area (Å²) in [6, 6.07) is -0.0585. The maximum atomic E-state index is 12.5. The first-order valence-electron chi connectivity index (χ1n) is 8.08. The molecule has 2 aliphatic carbocycles. The summed E-state index contributed by atoms with van der Waals surface area (Å²) in [6.07, 6.45) is 7.78. The van der Waals surface area contributed by atoms with Crippen LogP contribution in [0.15, 0.2) is 0 Å². The normalized spacial score (nSPS) is 17.9. The lowest BCUT2D eigenvalue weighted by Crippen LogP contribution is -2.27. The van der Waals surface area contributed by atoms with Crippen LogP contribution in [0.25, 0.3) is 0 Å². The minimum Gasteiger partial charge on any atom is -0.342 e. The van der Waals surface area contributed by atoms with Crippen molar-refractivity contribution in [1.82, 2.24) is 20.5 Å². The Morgan fingerprint density at radius 3 is 2.95 bits per heavy atom. The van der Waals surface area contributed by atoms with E-state index < -0.39 is 0 Å². The van der Waals surface area contributed by atoms with Gasteiger partial charge < -0.3 is 5.32 Å². The van der Waals surface area contributed by atoms with Crippen molar-refractivity contribution in [3.05, 3.63) is 32.5 Å². The lowest BCUT2D eigenvalue weighted by atomic mass is 10.0. The van der Waals surface area contributed by atoms with Crippen LogP contribution in [-0.2, 0) is 25.7 Å². The van der Waals surface area contributed by atoms with Crippen LogP contribution < -0.4 is 5.32 Å². The molecule has 2 aliphatic rings. The van der Waals surface area contributed by atoms with E-state index in [4.69, 9.17) is 4.98 Å². The number of aryl methyl sites for hydroxylation is 3. The van der Waals surface area contributed by atoms with Gasteiger partial charge in [0, 0.05) is 16.1 Å². The third-order valence-corrected chi connectivity index (χ3v) is 5.94. The molecule has 4 rings (SSSR count). The van der Waals surface area contributed by atoms with Gasteiger partial charge in [-0.15, -0.1) is 11.3 Å². The van der Waals surface area contributed by atoms with Gasteiger partial charge in [0.2, 0.25) is 0 Å². The number of nitrogens with zero attached hydrogens (tertiary/aromatic N) is 2. The molecule has 116 valence electrons. The second kappa shape index (κ2) is 5.50. The van der Waals surface area contributed by atoms with Gasteiger partial charge in [0.05, 0.1) is 11.7 Å². The summed E-state index contributed by atoms with van der Waals surface area (Å²) in [5.41, 5.74) is 4.04. The number of hydrogen-bond acceptors (Lipinski definition) is 4. The van der Waals surface area contributed by atoms with Crippen LogP contribution in [0.4, 0.5) is 0 Å². The molecule has 6 heteroatoms. The molecule has 0 fully saturated rings. The summed E-state index contributed by atoms with van der Waals surface area (Å²) in [6.45, 7) is 2.01. The van der Waals surface area contributed by atoms with Gasteiger partial charge in [0.15, 0.2) is 5.69 Å². The minimum absolute atomic E-state index is 0.0585. The molecular formula is C16H20N4OS. The van der Waals surface area contributed by atoms with Crippen LogP contribution in [-0.4, -0.2) is 21.1 Å². The van der Waals surface area contributed by atoms with E-state index in [-0.39, 0.29) is 11.9 Å². The molecule has 2 N–H and O–H groups in total. The lowest BCUT2D eigenvalue weighted by Gasteiger charge is -2.10. The first-order chi connectivity index (χ1) is 10.7. The van der Waals surface area contributed by atoms with E-state index in [0.29, 0.717) is 5.69 Å². The molecule has 0 aromatic carbocycles. The molecule has 0 saturated heterocycles. The second-order valence-electron chi connectivity index (χ2n) is 6.21. The Labute approximate surface area is 133 Å². The number of thiazole rings is 1. The zero-order valence-corrected chi connectivity index (χ0v) is 13.6. The van der Waals surface area contributed by atoms with Crippen LogP contribution in [0.2, 0.25) is 0 Å². The summed E-state index contributed by atoms with van der Waals surface area (Å²) in [5, 5.41) is 11.3. The Kier molecular flexibility index (Phi) is 3.48. The Morgan fingerprint density at radius 2 is 2.09 bits per heavy atom. The Hall–Kier alpha value is -1.69. The van der Waals surface area contributed by atoms with Crippen molar-refractivity contribution >= 4 is 17.2 Å².